The van der Waals surface area contributed by atoms with Crippen LogP contribution in [0.3, 0.4) is 0 Å². The Kier molecular flexibility index (Phi) is 4.11. The molecule has 1 heterocycles. The van der Waals surface area contributed by atoms with Gasteiger partial charge in [-0.2, -0.15) is 0 Å². The lowest BCUT2D eigenvalue weighted by Crippen LogP contribution is -2.46. The van der Waals surface area contributed by atoms with Gasteiger partial charge in [0.15, 0.2) is 0 Å². The molecule has 1 aliphatic rings. The Morgan fingerprint density at radius 3 is 2.57 bits per heavy atom. The van der Waals surface area contributed by atoms with E-state index in [0.29, 0.717) is 12.5 Å². The number of hydrogen-bond acceptors (Lipinski definition) is 2. The highest BCUT2D eigenvalue weighted by molar-refractivity contribution is 6.36. The molecule has 1 fully saturated rings. The molecule has 3 heteroatoms. The van der Waals surface area contributed by atoms with Gasteiger partial charge in [-0.15, -0.1) is 0 Å². The van der Waals surface area contributed by atoms with Crippen LogP contribution < -0.4 is 0 Å². The first-order chi connectivity index (χ1) is 6.70. The molecule has 0 spiro atoms. The molecule has 0 N–H and O–H groups in total. The van der Waals surface area contributed by atoms with Crippen LogP contribution in [0, 0.1) is 0 Å². The van der Waals surface area contributed by atoms with Crippen molar-refractivity contribution in [1.82, 2.24) is 4.90 Å². The number of amides is 1. The summed E-state index contributed by atoms with van der Waals surface area (Å²) in [6, 6.07) is 0.298. The van der Waals surface area contributed by atoms with Gasteiger partial charge in [-0.25, -0.2) is 0 Å². The van der Waals surface area contributed by atoms with Crippen molar-refractivity contribution in [3.05, 3.63) is 0 Å². The number of carbonyl (C=O) groups excluding carboxylic acids is 2. The number of carbonyl (C=O) groups is 2. The number of ketones is 1. The molecule has 0 saturated carbocycles. The summed E-state index contributed by atoms with van der Waals surface area (Å²) in [5, 5.41) is 0. The quantitative estimate of drug-likeness (QED) is 0.646. The maximum atomic E-state index is 11.7. The third kappa shape index (κ3) is 2.34. The van der Waals surface area contributed by atoms with Crippen LogP contribution in [-0.4, -0.2) is 29.2 Å². The molecule has 80 valence electrons. The van der Waals surface area contributed by atoms with Crippen molar-refractivity contribution in [3.63, 3.8) is 0 Å². The van der Waals surface area contributed by atoms with E-state index in [1.165, 1.54) is 6.42 Å². The van der Waals surface area contributed by atoms with Gasteiger partial charge in [-0.1, -0.05) is 13.8 Å². The normalized spacial score (nSPS) is 22.1. The van der Waals surface area contributed by atoms with Gasteiger partial charge in [0, 0.05) is 19.0 Å². The molecule has 1 saturated heterocycles. The van der Waals surface area contributed by atoms with Crippen molar-refractivity contribution < 1.29 is 9.59 Å². The number of hydrogen-bond donors (Lipinski definition) is 0. The molecule has 14 heavy (non-hydrogen) atoms. The monoisotopic (exact) mass is 197 g/mol. The number of piperidine rings is 1. The third-order valence-electron chi connectivity index (χ3n) is 2.92. The van der Waals surface area contributed by atoms with Crippen LogP contribution >= 0.6 is 0 Å². The molecule has 0 radical (unpaired) electrons. The lowest BCUT2D eigenvalue weighted by molar-refractivity contribution is -0.147. The largest absolute Gasteiger partial charge is 0.333 e. The van der Waals surface area contributed by atoms with Crippen LogP contribution in [0.25, 0.3) is 0 Å². The lowest BCUT2D eigenvalue weighted by atomic mass is 9.99. The Morgan fingerprint density at radius 1 is 1.29 bits per heavy atom. The van der Waals surface area contributed by atoms with E-state index in [-0.39, 0.29) is 11.7 Å². The van der Waals surface area contributed by atoms with E-state index in [2.05, 4.69) is 6.92 Å². The Balaban J connectivity index is 2.63. The number of rotatable bonds is 3. The molecule has 0 aromatic carbocycles. The predicted molar refractivity (Wildman–Crippen MR) is 54.9 cm³/mol. The van der Waals surface area contributed by atoms with Gasteiger partial charge in [0.05, 0.1) is 0 Å². The lowest BCUT2D eigenvalue weighted by Gasteiger charge is -2.34. The smallest absolute Gasteiger partial charge is 0.290 e. The molecule has 1 aliphatic heterocycles. The van der Waals surface area contributed by atoms with Gasteiger partial charge in [0.25, 0.3) is 5.91 Å². The molecule has 0 bridgehead atoms. The molecule has 1 unspecified atom stereocenters. The summed E-state index contributed by atoms with van der Waals surface area (Å²) >= 11 is 0. The van der Waals surface area contributed by atoms with E-state index in [4.69, 9.17) is 0 Å². The average Bonchev–Trinajstić information content (AvgIpc) is 2.26. The van der Waals surface area contributed by atoms with Crippen molar-refractivity contribution in [1.29, 1.82) is 0 Å². The van der Waals surface area contributed by atoms with Crippen LogP contribution in [0.5, 0.6) is 0 Å². The number of likely N-dealkylation sites (tertiary alicyclic amines) is 1. The zero-order chi connectivity index (χ0) is 10.6. The zero-order valence-corrected chi connectivity index (χ0v) is 9.08. The van der Waals surface area contributed by atoms with Crippen LogP contribution in [0.15, 0.2) is 0 Å². The minimum absolute atomic E-state index is 0.245. The summed E-state index contributed by atoms with van der Waals surface area (Å²) in [5.74, 6) is -0.510. The van der Waals surface area contributed by atoms with Crippen LogP contribution in [-0.2, 0) is 9.59 Å². The summed E-state index contributed by atoms with van der Waals surface area (Å²) < 4.78 is 0. The van der Waals surface area contributed by atoms with Gasteiger partial charge in [-0.3, -0.25) is 9.59 Å². The Morgan fingerprint density at radius 2 is 2.00 bits per heavy atom. The molecule has 0 aliphatic carbocycles. The minimum Gasteiger partial charge on any atom is -0.333 e. The summed E-state index contributed by atoms with van der Waals surface area (Å²) in [5.41, 5.74) is 0. The summed E-state index contributed by atoms with van der Waals surface area (Å²) in [7, 11) is 0. The van der Waals surface area contributed by atoms with E-state index in [0.717, 1.165) is 25.8 Å². The van der Waals surface area contributed by atoms with Crippen LogP contribution in [0.1, 0.15) is 46.0 Å². The summed E-state index contributed by atoms with van der Waals surface area (Å²) in [6.45, 7) is 4.58. The Labute approximate surface area is 85.5 Å². The van der Waals surface area contributed by atoms with Gasteiger partial charge >= 0.3 is 0 Å². The van der Waals surface area contributed by atoms with Gasteiger partial charge in [0.1, 0.15) is 0 Å². The molecule has 1 amide bonds. The highest BCUT2D eigenvalue weighted by Crippen LogP contribution is 2.19. The topological polar surface area (TPSA) is 37.4 Å². The van der Waals surface area contributed by atoms with Gasteiger partial charge in [0.2, 0.25) is 5.78 Å². The predicted octanol–water partition coefficient (Wildman–Crippen LogP) is 1.76. The third-order valence-corrected chi connectivity index (χ3v) is 2.92. The maximum Gasteiger partial charge on any atom is 0.290 e. The second kappa shape index (κ2) is 5.13. The van der Waals surface area contributed by atoms with E-state index in [1.54, 1.807) is 11.8 Å². The fraction of sp³-hybridized carbons (Fsp3) is 0.818. The van der Waals surface area contributed by atoms with E-state index in [1.807, 2.05) is 0 Å². The van der Waals surface area contributed by atoms with Crippen LogP contribution in [0.4, 0.5) is 0 Å². The molecule has 0 aromatic heterocycles. The fourth-order valence-electron chi connectivity index (χ4n) is 2.00. The fourth-order valence-corrected chi connectivity index (χ4v) is 2.00. The van der Waals surface area contributed by atoms with Gasteiger partial charge < -0.3 is 4.90 Å². The van der Waals surface area contributed by atoms with E-state index in [9.17, 15) is 9.59 Å². The molecular weight excluding hydrogens is 178 g/mol. The molecule has 0 aromatic rings. The molecule has 1 rings (SSSR count). The second-order valence-corrected chi connectivity index (χ2v) is 3.83. The SMILES string of the molecule is CCC(=O)C(=O)N1CCCCC1CC. The standard InChI is InChI=1S/C11H19NO2/c1-3-9-7-5-6-8-12(9)11(14)10(13)4-2/h9H,3-8H2,1-2H3. The van der Waals surface area contributed by atoms with Crippen molar-refractivity contribution in [2.75, 3.05) is 6.54 Å². The summed E-state index contributed by atoms with van der Waals surface area (Å²) in [4.78, 5) is 24.7. The van der Waals surface area contributed by atoms with Crippen molar-refractivity contribution >= 4 is 11.7 Å². The Bertz CT molecular complexity index is 225. The van der Waals surface area contributed by atoms with E-state index >= 15 is 0 Å². The van der Waals surface area contributed by atoms with Crippen molar-refractivity contribution in [3.8, 4) is 0 Å². The first kappa shape index (κ1) is 11.2. The minimum atomic E-state index is -0.265. The van der Waals surface area contributed by atoms with Crippen LogP contribution in [0.2, 0.25) is 0 Å². The highest BCUT2D eigenvalue weighted by atomic mass is 16.2. The van der Waals surface area contributed by atoms with Crippen molar-refractivity contribution in [2.24, 2.45) is 0 Å². The molecule has 1 atom stereocenters. The van der Waals surface area contributed by atoms with Crippen molar-refractivity contribution in [2.45, 2.75) is 52.0 Å². The number of nitrogens with zero attached hydrogens (tertiary/aromatic N) is 1. The number of Topliss-reactive ketones (excluding diaryl/α,β-unsaturated/α-hetero) is 1. The molecular formula is C11H19NO2. The van der Waals surface area contributed by atoms with Gasteiger partial charge in [-0.05, 0) is 25.7 Å². The Hall–Kier alpha value is -0.860. The van der Waals surface area contributed by atoms with E-state index < -0.39 is 0 Å². The second-order valence-electron chi connectivity index (χ2n) is 3.83. The first-order valence-corrected chi connectivity index (χ1v) is 5.54. The average molecular weight is 197 g/mol. The first-order valence-electron chi connectivity index (χ1n) is 5.54. The zero-order valence-electron chi connectivity index (χ0n) is 9.08. The molecule has 3 nitrogen and oxygen atoms in total. The highest BCUT2D eigenvalue weighted by Gasteiger charge is 2.28. The maximum absolute atomic E-state index is 11.7. The summed E-state index contributed by atoms with van der Waals surface area (Å²) in [6.07, 6.45) is 4.57.